The molecular formula is C27H28N4O2. The minimum Gasteiger partial charge on any atom is -0.352 e. The van der Waals surface area contributed by atoms with Gasteiger partial charge in [0, 0.05) is 50.0 Å². The first kappa shape index (κ1) is 22.4. The zero-order valence-corrected chi connectivity index (χ0v) is 18.6. The van der Waals surface area contributed by atoms with E-state index in [-0.39, 0.29) is 11.8 Å². The highest BCUT2D eigenvalue weighted by atomic mass is 16.2. The van der Waals surface area contributed by atoms with Crippen LogP contribution >= 0.6 is 0 Å². The van der Waals surface area contributed by atoms with E-state index in [1.165, 1.54) is 0 Å². The molecule has 3 aromatic rings. The number of amides is 2. The van der Waals surface area contributed by atoms with Crippen LogP contribution in [0.2, 0.25) is 0 Å². The van der Waals surface area contributed by atoms with Crippen molar-refractivity contribution in [3.63, 3.8) is 0 Å². The Bertz CT molecular complexity index is 1120. The summed E-state index contributed by atoms with van der Waals surface area (Å²) >= 11 is 0. The second-order valence-corrected chi connectivity index (χ2v) is 8.43. The van der Waals surface area contributed by atoms with E-state index in [1.807, 2.05) is 30.5 Å². The summed E-state index contributed by atoms with van der Waals surface area (Å²) in [4.78, 5) is 36.8. The molecule has 1 aliphatic heterocycles. The van der Waals surface area contributed by atoms with Gasteiger partial charge in [0.2, 0.25) is 5.91 Å². The number of nitrogens with one attached hydrogen (secondary N) is 1. The molecule has 0 radical (unpaired) electrons. The number of carbonyl (C=O) groups is 2. The number of hydrogen-bond acceptors (Lipinski definition) is 4. The van der Waals surface area contributed by atoms with Gasteiger partial charge in [-0.15, -0.1) is 6.58 Å². The van der Waals surface area contributed by atoms with E-state index in [0.29, 0.717) is 38.0 Å². The van der Waals surface area contributed by atoms with Crippen molar-refractivity contribution in [1.29, 1.82) is 0 Å². The largest absolute Gasteiger partial charge is 0.352 e. The molecule has 0 spiro atoms. The minimum atomic E-state index is -0.739. The van der Waals surface area contributed by atoms with Crippen molar-refractivity contribution in [2.45, 2.75) is 19.3 Å². The third kappa shape index (κ3) is 5.00. The molecule has 1 aliphatic rings. The molecule has 4 rings (SSSR count). The summed E-state index contributed by atoms with van der Waals surface area (Å²) in [5.41, 5.74) is 2.92. The number of aromatic nitrogens is 2. The Hall–Kier alpha value is -3.80. The first-order chi connectivity index (χ1) is 16.1. The lowest BCUT2D eigenvalue weighted by Crippen LogP contribution is -2.54. The fourth-order valence-electron chi connectivity index (χ4n) is 4.58. The van der Waals surface area contributed by atoms with Crippen LogP contribution in [-0.4, -0.2) is 46.3 Å². The Morgan fingerprint density at radius 1 is 1.06 bits per heavy atom. The van der Waals surface area contributed by atoms with Gasteiger partial charge in [0.1, 0.15) is 0 Å². The summed E-state index contributed by atoms with van der Waals surface area (Å²) in [6.45, 7) is 5.09. The molecule has 3 heterocycles. The van der Waals surface area contributed by atoms with Gasteiger partial charge in [-0.3, -0.25) is 19.6 Å². The topological polar surface area (TPSA) is 75.2 Å². The van der Waals surface area contributed by atoms with E-state index >= 15 is 0 Å². The summed E-state index contributed by atoms with van der Waals surface area (Å²) in [6.07, 6.45) is 10.5. The fraction of sp³-hybridized carbons (Fsp3) is 0.259. The average molecular weight is 441 g/mol. The lowest BCUT2D eigenvalue weighted by molar-refractivity contribution is -0.133. The molecule has 168 valence electrons. The van der Waals surface area contributed by atoms with E-state index in [1.54, 1.807) is 41.7 Å². The highest BCUT2D eigenvalue weighted by Gasteiger charge is 2.43. The molecule has 6 heteroatoms. The molecule has 2 amide bonds. The van der Waals surface area contributed by atoms with Gasteiger partial charge in [0.05, 0.1) is 11.0 Å². The van der Waals surface area contributed by atoms with Gasteiger partial charge in [-0.1, -0.05) is 36.4 Å². The molecule has 33 heavy (non-hydrogen) atoms. The average Bonchev–Trinajstić information content (AvgIpc) is 2.88. The van der Waals surface area contributed by atoms with Crippen LogP contribution in [0.25, 0.3) is 11.1 Å². The van der Waals surface area contributed by atoms with E-state index in [2.05, 4.69) is 34.0 Å². The number of hydrogen-bond donors (Lipinski definition) is 1. The van der Waals surface area contributed by atoms with Gasteiger partial charge >= 0.3 is 0 Å². The fourth-order valence-corrected chi connectivity index (χ4v) is 4.58. The molecule has 0 unspecified atom stereocenters. The third-order valence-electron chi connectivity index (χ3n) is 6.18. The summed E-state index contributed by atoms with van der Waals surface area (Å²) < 4.78 is 0. The van der Waals surface area contributed by atoms with Crippen molar-refractivity contribution >= 4 is 11.8 Å². The van der Waals surface area contributed by atoms with Crippen molar-refractivity contribution in [3.8, 4) is 11.1 Å². The summed E-state index contributed by atoms with van der Waals surface area (Å²) in [7, 11) is 0. The van der Waals surface area contributed by atoms with Crippen LogP contribution in [0.3, 0.4) is 0 Å². The molecular weight excluding hydrogens is 412 g/mol. The number of benzene rings is 1. The number of piperidine rings is 1. The lowest BCUT2D eigenvalue weighted by atomic mass is 9.73. The van der Waals surface area contributed by atoms with Crippen LogP contribution in [-0.2, 0) is 11.2 Å². The minimum absolute atomic E-state index is 0.0490. The maximum Gasteiger partial charge on any atom is 0.255 e. The van der Waals surface area contributed by atoms with Crippen molar-refractivity contribution in [1.82, 2.24) is 20.2 Å². The lowest BCUT2D eigenvalue weighted by Gasteiger charge is -2.42. The third-order valence-corrected chi connectivity index (χ3v) is 6.18. The molecule has 2 aromatic heterocycles. The van der Waals surface area contributed by atoms with Gasteiger partial charge < -0.3 is 10.2 Å². The number of carbonyl (C=O) groups excluding carboxylic acids is 2. The molecule has 1 atom stereocenters. The van der Waals surface area contributed by atoms with Crippen molar-refractivity contribution in [2.75, 3.05) is 19.6 Å². The van der Waals surface area contributed by atoms with Crippen LogP contribution in [0, 0.1) is 5.41 Å². The molecule has 6 nitrogen and oxygen atoms in total. The highest BCUT2D eigenvalue weighted by molar-refractivity contribution is 5.94. The van der Waals surface area contributed by atoms with Gasteiger partial charge in [0.25, 0.3) is 5.91 Å². The second kappa shape index (κ2) is 10.2. The smallest absolute Gasteiger partial charge is 0.255 e. The van der Waals surface area contributed by atoms with Crippen LogP contribution < -0.4 is 5.32 Å². The van der Waals surface area contributed by atoms with Gasteiger partial charge in [0.15, 0.2) is 0 Å². The van der Waals surface area contributed by atoms with Gasteiger partial charge in [-0.25, -0.2) is 0 Å². The van der Waals surface area contributed by atoms with Crippen LogP contribution in [0.4, 0.5) is 0 Å². The number of pyridine rings is 2. The summed E-state index contributed by atoms with van der Waals surface area (Å²) in [5.74, 6) is -0.142. The van der Waals surface area contributed by atoms with Crippen LogP contribution in [0.1, 0.15) is 28.8 Å². The predicted octanol–water partition coefficient (Wildman–Crippen LogP) is 3.91. The first-order valence-electron chi connectivity index (χ1n) is 11.2. The molecule has 0 aliphatic carbocycles. The van der Waals surface area contributed by atoms with E-state index in [9.17, 15) is 9.59 Å². The zero-order valence-electron chi connectivity index (χ0n) is 18.6. The Kier molecular flexibility index (Phi) is 6.93. The maximum absolute atomic E-state index is 13.5. The molecule has 1 saturated heterocycles. The molecule has 0 bridgehead atoms. The quantitative estimate of drug-likeness (QED) is 0.565. The highest BCUT2D eigenvalue weighted by Crippen LogP contribution is 2.37. The first-order valence-corrected chi connectivity index (χ1v) is 11.2. The summed E-state index contributed by atoms with van der Waals surface area (Å²) in [6, 6.07) is 15.6. The molecule has 0 saturated carbocycles. The number of rotatable bonds is 7. The summed E-state index contributed by atoms with van der Waals surface area (Å²) in [5, 5.41) is 3.00. The van der Waals surface area contributed by atoms with Crippen LogP contribution in [0.5, 0.6) is 0 Å². The Morgan fingerprint density at radius 3 is 2.58 bits per heavy atom. The predicted molar refractivity (Wildman–Crippen MR) is 128 cm³/mol. The standard InChI is InChI=1S/C27H28N4O2/c1-2-13-30-26(33)27(12-7-16-31(20-27)25(32)23-10-6-15-29-19-23)17-21-8-3-4-11-24(21)22-9-5-14-28-18-22/h2-6,8-11,14-15,18-19H,1,7,12-13,16-17,20H2,(H,30,33)/t27-/m0/s1. The van der Waals surface area contributed by atoms with Crippen molar-refractivity contribution in [2.24, 2.45) is 5.41 Å². The van der Waals surface area contributed by atoms with E-state index in [4.69, 9.17) is 0 Å². The molecule has 1 aromatic carbocycles. The second-order valence-electron chi connectivity index (χ2n) is 8.43. The Morgan fingerprint density at radius 2 is 1.85 bits per heavy atom. The van der Waals surface area contributed by atoms with Gasteiger partial charge in [-0.05, 0) is 48.6 Å². The van der Waals surface area contributed by atoms with Crippen molar-refractivity contribution in [3.05, 3.63) is 97.1 Å². The number of nitrogens with zero attached hydrogens (tertiary/aromatic N) is 3. The zero-order chi connectivity index (χ0) is 23.1. The normalized spacial score (nSPS) is 17.9. The Labute approximate surface area is 194 Å². The van der Waals surface area contributed by atoms with Crippen LogP contribution in [0.15, 0.2) is 86.0 Å². The number of likely N-dealkylation sites (tertiary alicyclic amines) is 1. The maximum atomic E-state index is 13.5. The Balaban J connectivity index is 1.68. The van der Waals surface area contributed by atoms with Crippen molar-refractivity contribution < 1.29 is 9.59 Å². The SMILES string of the molecule is C=CCNC(=O)[C@]1(Cc2ccccc2-c2cccnc2)CCCN(C(=O)c2cccnc2)C1. The van der Waals surface area contributed by atoms with E-state index in [0.717, 1.165) is 23.1 Å². The van der Waals surface area contributed by atoms with E-state index < -0.39 is 5.41 Å². The monoisotopic (exact) mass is 440 g/mol. The molecule has 1 fully saturated rings. The molecule has 1 N–H and O–H groups in total. The van der Waals surface area contributed by atoms with Gasteiger partial charge in [-0.2, -0.15) is 0 Å².